The molecule has 6 heteroatoms. The summed E-state index contributed by atoms with van der Waals surface area (Å²) < 4.78 is 12.8. The first-order chi connectivity index (χ1) is 10.2. The number of hydrogen-bond donors (Lipinski definition) is 3. The van der Waals surface area contributed by atoms with Crippen LogP contribution in [0.15, 0.2) is 24.3 Å². The third-order valence-corrected chi connectivity index (χ3v) is 3.83. The predicted octanol–water partition coefficient (Wildman–Crippen LogP) is -1.54. The van der Waals surface area contributed by atoms with Gasteiger partial charge in [0.05, 0.1) is 13.0 Å². The molecular formula is C15H21FN4O+2. The van der Waals surface area contributed by atoms with Gasteiger partial charge in [-0.1, -0.05) is 0 Å². The van der Waals surface area contributed by atoms with E-state index in [1.54, 1.807) is 12.1 Å². The molecule has 1 aromatic rings. The van der Waals surface area contributed by atoms with Crippen LogP contribution in [-0.2, 0) is 4.79 Å². The second-order valence-corrected chi connectivity index (χ2v) is 5.39. The molecule has 3 N–H and O–H groups in total. The Balaban J connectivity index is 1.68. The molecule has 0 unspecified atom stereocenters. The summed E-state index contributed by atoms with van der Waals surface area (Å²) in [6.45, 7) is 5.35. The predicted molar refractivity (Wildman–Crippen MR) is 76.4 cm³/mol. The van der Waals surface area contributed by atoms with Crippen LogP contribution >= 0.6 is 0 Å². The average Bonchev–Trinajstić information content (AvgIpc) is 2.49. The molecule has 0 saturated carbocycles. The van der Waals surface area contributed by atoms with Crippen molar-refractivity contribution in [3.8, 4) is 6.07 Å². The van der Waals surface area contributed by atoms with Crippen molar-refractivity contribution in [2.75, 3.05) is 44.6 Å². The molecule has 1 saturated heterocycles. The number of halogens is 1. The Kier molecular flexibility index (Phi) is 5.67. The van der Waals surface area contributed by atoms with Gasteiger partial charge in [-0.3, -0.25) is 4.79 Å². The zero-order valence-corrected chi connectivity index (χ0v) is 12.0. The largest absolute Gasteiger partial charge is 0.326 e. The highest BCUT2D eigenvalue weighted by Gasteiger charge is 2.22. The van der Waals surface area contributed by atoms with E-state index in [-0.39, 0.29) is 11.7 Å². The minimum absolute atomic E-state index is 0.0408. The molecule has 1 aromatic carbocycles. The molecule has 2 rings (SSSR count). The van der Waals surface area contributed by atoms with Crippen LogP contribution in [0.5, 0.6) is 0 Å². The number of quaternary nitrogens is 2. The number of amides is 1. The van der Waals surface area contributed by atoms with E-state index < -0.39 is 0 Å². The smallest absolute Gasteiger partial charge is 0.230 e. The van der Waals surface area contributed by atoms with Gasteiger partial charge in [-0.05, 0) is 24.3 Å². The molecule has 112 valence electrons. The first-order valence-electron chi connectivity index (χ1n) is 7.27. The molecule has 0 aromatic heterocycles. The number of rotatable bonds is 5. The standard InChI is InChI=1S/C15H19FN4O/c16-13-1-3-14(4-2-13)18-15(21)5-7-19-9-11-20(8-6-17)12-10-19/h1-4H,5,7-12H2,(H,18,21)/p+2. The van der Waals surface area contributed by atoms with Crippen LogP contribution in [0.4, 0.5) is 10.1 Å². The van der Waals surface area contributed by atoms with Crippen LogP contribution in [0.3, 0.4) is 0 Å². The number of anilines is 1. The van der Waals surface area contributed by atoms with Crippen LogP contribution in [0, 0.1) is 17.1 Å². The Labute approximate surface area is 123 Å². The molecule has 0 aliphatic carbocycles. The molecule has 5 nitrogen and oxygen atoms in total. The fourth-order valence-corrected chi connectivity index (χ4v) is 2.54. The van der Waals surface area contributed by atoms with Crippen LogP contribution in [0.2, 0.25) is 0 Å². The molecule has 0 atom stereocenters. The molecule has 0 spiro atoms. The van der Waals surface area contributed by atoms with Crippen molar-refractivity contribution < 1.29 is 19.0 Å². The zero-order chi connectivity index (χ0) is 15.1. The topological polar surface area (TPSA) is 61.8 Å². The Morgan fingerprint density at radius 3 is 2.43 bits per heavy atom. The maximum Gasteiger partial charge on any atom is 0.230 e. The van der Waals surface area contributed by atoms with E-state index >= 15 is 0 Å². The first kappa shape index (κ1) is 15.4. The quantitative estimate of drug-likeness (QED) is 0.576. The molecule has 1 fully saturated rings. The molecule has 1 heterocycles. The highest BCUT2D eigenvalue weighted by molar-refractivity contribution is 5.90. The van der Waals surface area contributed by atoms with Crippen molar-refractivity contribution in [1.82, 2.24) is 0 Å². The lowest BCUT2D eigenvalue weighted by Crippen LogP contribution is -3.28. The normalized spacial score (nSPS) is 21.5. The lowest BCUT2D eigenvalue weighted by Gasteiger charge is -2.28. The number of hydrogen-bond acceptors (Lipinski definition) is 2. The summed E-state index contributed by atoms with van der Waals surface area (Å²) in [5, 5.41) is 11.4. The van der Waals surface area contributed by atoms with E-state index in [4.69, 9.17) is 5.26 Å². The van der Waals surface area contributed by atoms with Crippen LogP contribution in [0.1, 0.15) is 6.42 Å². The fourth-order valence-electron chi connectivity index (χ4n) is 2.54. The number of nitriles is 1. The maximum atomic E-state index is 12.8. The van der Waals surface area contributed by atoms with Crippen molar-refractivity contribution in [3.63, 3.8) is 0 Å². The van der Waals surface area contributed by atoms with Gasteiger partial charge in [0.1, 0.15) is 38.1 Å². The molecule has 1 amide bonds. The summed E-state index contributed by atoms with van der Waals surface area (Å²) in [6.07, 6.45) is 0.459. The average molecular weight is 292 g/mol. The van der Waals surface area contributed by atoms with Gasteiger partial charge in [0, 0.05) is 5.69 Å². The van der Waals surface area contributed by atoms with Crippen LogP contribution in [-0.4, -0.2) is 45.2 Å². The van der Waals surface area contributed by atoms with E-state index in [0.29, 0.717) is 18.7 Å². The number of carbonyl (C=O) groups is 1. The summed E-state index contributed by atoms with van der Waals surface area (Å²) in [5.74, 6) is -0.351. The number of benzene rings is 1. The SMILES string of the molecule is N#CC[NH+]1CC[NH+](CCC(=O)Nc2ccc(F)cc2)CC1. The van der Waals surface area contributed by atoms with Crippen LogP contribution in [0.25, 0.3) is 0 Å². The van der Waals surface area contributed by atoms with Gasteiger partial charge >= 0.3 is 0 Å². The van der Waals surface area contributed by atoms with Crippen molar-refractivity contribution >= 4 is 11.6 Å². The van der Waals surface area contributed by atoms with Crippen molar-refractivity contribution in [3.05, 3.63) is 30.1 Å². The van der Waals surface area contributed by atoms with Gasteiger partial charge in [-0.25, -0.2) is 4.39 Å². The Morgan fingerprint density at radius 2 is 1.81 bits per heavy atom. The van der Waals surface area contributed by atoms with Crippen molar-refractivity contribution in [1.29, 1.82) is 5.26 Å². The Bertz CT molecular complexity index is 503. The van der Waals surface area contributed by atoms with E-state index in [2.05, 4.69) is 11.4 Å². The summed E-state index contributed by atoms with van der Waals surface area (Å²) >= 11 is 0. The van der Waals surface area contributed by atoms with Gasteiger partial charge < -0.3 is 15.1 Å². The first-order valence-corrected chi connectivity index (χ1v) is 7.27. The van der Waals surface area contributed by atoms with Gasteiger partial charge in [0.2, 0.25) is 5.91 Å². The van der Waals surface area contributed by atoms with Crippen molar-refractivity contribution in [2.45, 2.75) is 6.42 Å². The summed E-state index contributed by atoms with van der Waals surface area (Å²) in [5.41, 5.74) is 0.625. The monoisotopic (exact) mass is 292 g/mol. The number of nitrogens with zero attached hydrogens (tertiary/aromatic N) is 1. The lowest BCUT2D eigenvalue weighted by molar-refractivity contribution is -1.01. The number of carbonyl (C=O) groups excluding carboxylic acids is 1. The van der Waals surface area contributed by atoms with Crippen molar-refractivity contribution in [2.24, 2.45) is 0 Å². The lowest BCUT2D eigenvalue weighted by atomic mass is 10.2. The maximum absolute atomic E-state index is 12.8. The highest BCUT2D eigenvalue weighted by atomic mass is 19.1. The van der Waals surface area contributed by atoms with E-state index in [9.17, 15) is 9.18 Å². The zero-order valence-electron chi connectivity index (χ0n) is 12.0. The molecule has 0 radical (unpaired) electrons. The molecule has 0 bridgehead atoms. The molecule has 1 aliphatic heterocycles. The van der Waals surface area contributed by atoms with E-state index in [0.717, 1.165) is 32.7 Å². The fraction of sp³-hybridized carbons (Fsp3) is 0.467. The molecular weight excluding hydrogens is 271 g/mol. The second-order valence-electron chi connectivity index (χ2n) is 5.39. The van der Waals surface area contributed by atoms with Gasteiger partial charge in [-0.15, -0.1) is 0 Å². The summed E-state index contributed by atoms with van der Waals surface area (Å²) in [6, 6.07) is 7.98. The highest BCUT2D eigenvalue weighted by Crippen LogP contribution is 2.08. The minimum Gasteiger partial charge on any atom is -0.326 e. The number of piperazine rings is 1. The van der Waals surface area contributed by atoms with E-state index in [1.807, 2.05) is 0 Å². The second kappa shape index (κ2) is 7.72. The van der Waals surface area contributed by atoms with Gasteiger partial charge in [-0.2, -0.15) is 5.26 Å². The van der Waals surface area contributed by atoms with Gasteiger partial charge in [0.15, 0.2) is 6.54 Å². The van der Waals surface area contributed by atoms with Gasteiger partial charge in [0.25, 0.3) is 0 Å². The Morgan fingerprint density at radius 1 is 1.19 bits per heavy atom. The van der Waals surface area contributed by atoms with Crippen LogP contribution < -0.4 is 15.1 Å². The van der Waals surface area contributed by atoms with E-state index in [1.165, 1.54) is 21.9 Å². The molecule has 1 aliphatic rings. The summed E-state index contributed by atoms with van der Waals surface area (Å²) in [4.78, 5) is 14.6. The Hall–Kier alpha value is -1.97. The minimum atomic E-state index is -0.310. The number of nitrogens with one attached hydrogen (secondary N) is 3. The third kappa shape index (κ3) is 5.14. The third-order valence-electron chi connectivity index (χ3n) is 3.83. The molecule has 21 heavy (non-hydrogen) atoms. The summed E-state index contributed by atoms with van der Waals surface area (Å²) in [7, 11) is 0.